The van der Waals surface area contributed by atoms with Gasteiger partial charge in [0.2, 0.25) is 0 Å². The number of aryl methyl sites for hydroxylation is 1. The third-order valence-electron chi connectivity index (χ3n) is 2.86. The molecule has 0 radical (unpaired) electrons. The van der Waals surface area contributed by atoms with Crippen LogP contribution in [0.25, 0.3) is 0 Å². The lowest BCUT2D eigenvalue weighted by molar-refractivity contribution is 0.481. The molecular formula is C13H18N4O. The number of rotatable bonds is 4. The molecule has 0 aliphatic rings. The van der Waals surface area contributed by atoms with Crippen LogP contribution >= 0.6 is 0 Å². The fourth-order valence-electron chi connectivity index (χ4n) is 1.96. The quantitative estimate of drug-likeness (QED) is 0.895. The maximum absolute atomic E-state index is 5.87. The first-order valence-corrected chi connectivity index (χ1v) is 5.97. The van der Waals surface area contributed by atoms with Crippen molar-refractivity contribution < 1.29 is 4.42 Å². The Hall–Kier alpha value is -2.04. The van der Waals surface area contributed by atoms with Crippen LogP contribution in [0.4, 0.5) is 11.6 Å². The Bertz CT molecular complexity index is 536. The molecule has 96 valence electrons. The zero-order valence-corrected chi connectivity index (χ0v) is 11.0. The second-order valence-corrected chi connectivity index (χ2v) is 4.28. The topological polar surface area (TPSA) is 68.2 Å². The van der Waals surface area contributed by atoms with Gasteiger partial charge < -0.3 is 15.1 Å². The number of hydrogen-bond acceptors (Lipinski definition) is 5. The van der Waals surface area contributed by atoms with E-state index < -0.39 is 0 Å². The molecule has 0 atom stereocenters. The molecule has 0 spiro atoms. The summed E-state index contributed by atoms with van der Waals surface area (Å²) in [5.41, 5.74) is 6.84. The minimum Gasteiger partial charge on any atom is -0.464 e. The lowest BCUT2D eigenvalue weighted by Gasteiger charge is -2.20. The Kier molecular flexibility index (Phi) is 3.50. The van der Waals surface area contributed by atoms with Crippen molar-refractivity contribution in [1.29, 1.82) is 0 Å². The van der Waals surface area contributed by atoms with Crippen LogP contribution in [0.3, 0.4) is 0 Å². The highest BCUT2D eigenvalue weighted by molar-refractivity contribution is 5.56. The van der Waals surface area contributed by atoms with Gasteiger partial charge in [-0.1, -0.05) is 6.92 Å². The van der Waals surface area contributed by atoms with E-state index in [-0.39, 0.29) is 0 Å². The maximum Gasteiger partial charge on any atom is 0.137 e. The number of nitrogen functional groups attached to an aromatic ring is 1. The first kappa shape index (κ1) is 12.4. The van der Waals surface area contributed by atoms with Gasteiger partial charge in [-0.05, 0) is 25.5 Å². The first-order valence-electron chi connectivity index (χ1n) is 5.97. The van der Waals surface area contributed by atoms with Crippen LogP contribution in [-0.2, 0) is 13.0 Å². The van der Waals surface area contributed by atoms with Crippen LogP contribution in [0.15, 0.2) is 22.9 Å². The Morgan fingerprint density at radius 1 is 1.33 bits per heavy atom. The molecule has 0 saturated heterocycles. The summed E-state index contributed by atoms with van der Waals surface area (Å²) < 4.78 is 5.56. The van der Waals surface area contributed by atoms with Crippen LogP contribution in [0.5, 0.6) is 0 Å². The third kappa shape index (κ3) is 2.45. The summed E-state index contributed by atoms with van der Waals surface area (Å²) in [6.07, 6.45) is 2.30. The Morgan fingerprint density at radius 2 is 2.11 bits per heavy atom. The van der Waals surface area contributed by atoms with E-state index in [9.17, 15) is 0 Å². The summed E-state index contributed by atoms with van der Waals surface area (Å²) in [4.78, 5) is 10.4. The molecule has 2 N–H and O–H groups in total. The van der Waals surface area contributed by atoms with Gasteiger partial charge in [-0.3, -0.25) is 0 Å². The molecule has 5 heteroatoms. The van der Waals surface area contributed by atoms with Crippen molar-refractivity contribution in [2.24, 2.45) is 0 Å². The smallest absolute Gasteiger partial charge is 0.137 e. The van der Waals surface area contributed by atoms with Gasteiger partial charge in [0.1, 0.15) is 29.5 Å². The standard InChI is InChI=1S/C13H18N4O/c1-4-11-12(14)15-8-16-13(11)17(3)7-10-6-5-9(2)18-10/h5-6,8H,4,7H2,1-3H3,(H2,14,15,16). The molecular weight excluding hydrogens is 228 g/mol. The van der Waals surface area contributed by atoms with E-state index in [1.807, 2.05) is 37.9 Å². The van der Waals surface area contributed by atoms with Gasteiger partial charge in [-0.2, -0.15) is 0 Å². The van der Waals surface area contributed by atoms with Gasteiger partial charge in [0, 0.05) is 12.6 Å². The summed E-state index contributed by atoms with van der Waals surface area (Å²) in [5.74, 6) is 3.23. The fraction of sp³-hybridized carbons (Fsp3) is 0.385. The largest absolute Gasteiger partial charge is 0.464 e. The molecule has 0 bridgehead atoms. The van der Waals surface area contributed by atoms with Crippen molar-refractivity contribution in [3.63, 3.8) is 0 Å². The average Bonchev–Trinajstić information content (AvgIpc) is 2.74. The van der Waals surface area contributed by atoms with Crippen molar-refractivity contribution in [2.45, 2.75) is 26.8 Å². The predicted octanol–water partition coefficient (Wildman–Crippen LogP) is 2.16. The van der Waals surface area contributed by atoms with Crippen molar-refractivity contribution in [1.82, 2.24) is 9.97 Å². The number of hydrogen-bond donors (Lipinski definition) is 1. The molecule has 2 rings (SSSR count). The van der Waals surface area contributed by atoms with E-state index >= 15 is 0 Å². The Balaban J connectivity index is 2.23. The van der Waals surface area contributed by atoms with Gasteiger partial charge in [0.05, 0.1) is 6.54 Å². The van der Waals surface area contributed by atoms with Crippen molar-refractivity contribution in [3.8, 4) is 0 Å². The summed E-state index contributed by atoms with van der Waals surface area (Å²) >= 11 is 0. The van der Waals surface area contributed by atoms with E-state index in [1.165, 1.54) is 6.33 Å². The molecule has 2 aromatic rings. The molecule has 0 aromatic carbocycles. The number of nitrogens with two attached hydrogens (primary N) is 1. The van der Waals surface area contributed by atoms with Crippen molar-refractivity contribution >= 4 is 11.6 Å². The second kappa shape index (κ2) is 5.08. The Labute approximate surface area is 107 Å². The number of anilines is 2. The molecule has 0 aliphatic heterocycles. The minimum absolute atomic E-state index is 0.546. The number of furan rings is 1. The summed E-state index contributed by atoms with van der Waals surface area (Å²) in [7, 11) is 1.97. The molecule has 0 unspecified atom stereocenters. The highest BCUT2D eigenvalue weighted by Crippen LogP contribution is 2.22. The maximum atomic E-state index is 5.87. The Morgan fingerprint density at radius 3 is 2.72 bits per heavy atom. The lowest BCUT2D eigenvalue weighted by atomic mass is 10.2. The molecule has 0 amide bonds. The van der Waals surface area contributed by atoms with Gasteiger partial charge in [0.15, 0.2) is 0 Å². The fourth-order valence-corrected chi connectivity index (χ4v) is 1.96. The van der Waals surface area contributed by atoms with E-state index in [0.29, 0.717) is 12.4 Å². The highest BCUT2D eigenvalue weighted by atomic mass is 16.3. The molecule has 0 aliphatic carbocycles. The first-order chi connectivity index (χ1) is 8.61. The molecule has 5 nitrogen and oxygen atoms in total. The van der Waals surface area contributed by atoms with Crippen LogP contribution in [-0.4, -0.2) is 17.0 Å². The van der Waals surface area contributed by atoms with Crippen LogP contribution < -0.4 is 10.6 Å². The van der Waals surface area contributed by atoms with Gasteiger partial charge >= 0.3 is 0 Å². The van der Waals surface area contributed by atoms with E-state index in [1.54, 1.807) is 0 Å². The minimum atomic E-state index is 0.546. The van der Waals surface area contributed by atoms with Crippen LogP contribution in [0, 0.1) is 6.92 Å². The normalized spacial score (nSPS) is 10.6. The summed E-state index contributed by atoms with van der Waals surface area (Å²) in [5, 5.41) is 0. The van der Waals surface area contributed by atoms with Gasteiger partial charge in [-0.25, -0.2) is 9.97 Å². The number of nitrogens with zero attached hydrogens (tertiary/aromatic N) is 3. The van der Waals surface area contributed by atoms with Crippen molar-refractivity contribution in [2.75, 3.05) is 17.7 Å². The molecule has 0 fully saturated rings. The van der Waals surface area contributed by atoms with Gasteiger partial charge in [-0.15, -0.1) is 0 Å². The molecule has 2 heterocycles. The van der Waals surface area contributed by atoms with Gasteiger partial charge in [0.25, 0.3) is 0 Å². The van der Waals surface area contributed by atoms with Crippen LogP contribution in [0.1, 0.15) is 24.0 Å². The molecule has 0 saturated carbocycles. The molecule has 2 aromatic heterocycles. The summed E-state index contributed by atoms with van der Waals surface area (Å²) in [6, 6.07) is 3.93. The summed E-state index contributed by atoms with van der Waals surface area (Å²) in [6.45, 7) is 4.64. The van der Waals surface area contributed by atoms with E-state index in [2.05, 4.69) is 9.97 Å². The molecule has 18 heavy (non-hydrogen) atoms. The van der Waals surface area contributed by atoms with E-state index in [4.69, 9.17) is 10.2 Å². The van der Waals surface area contributed by atoms with E-state index in [0.717, 1.165) is 29.3 Å². The van der Waals surface area contributed by atoms with Crippen molar-refractivity contribution in [3.05, 3.63) is 35.5 Å². The lowest BCUT2D eigenvalue weighted by Crippen LogP contribution is -2.20. The zero-order chi connectivity index (χ0) is 13.1. The average molecular weight is 246 g/mol. The SMILES string of the molecule is CCc1c(N)ncnc1N(C)Cc1ccc(C)o1. The highest BCUT2D eigenvalue weighted by Gasteiger charge is 2.13. The number of aromatic nitrogens is 2. The zero-order valence-electron chi connectivity index (χ0n) is 11.0. The third-order valence-corrected chi connectivity index (χ3v) is 2.86. The second-order valence-electron chi connectivity index (χ2n) is 4.28. The monoisotopic (exact) mass is 246 g/mol. The van der Waals surface area contributed by atoms with Crippen LogP contribution in [0.2, 0.25) is 0 Å². The predicted molar refractivity (Wildman–Crippen MR) is 71.4 cm³/mol.